The highest BCUT2D eigenvalue weighted by Gasteiger charge is 2.23. The summed E-state index contributed by atoms with van der Waals surface area (Å²) in [5, 5.41) is 3.01. The first kappa shape index (κ1) is 16.3. The van der Waals surface area contributed by atoms with Crippen LogP contribution in [-0.2, 0) is 16.6 Å². The van der Waals surface area contributed by atoms with Crippen molar-refractivity contribution in [3.05, 3.63) is 45.5 Å². The van der Waals surface area contributed by atoms with Crippen molar-refractivity contribution >= 4 is 43.2 Å². The maximum atomic E-state index is 13.7. The molecule has 1 heterocycles. The van der Waals surface area contributed by atoms with E-state index in [2.05, 4.69) is 26.0 Å². The summed E-state index contributed by atoms with van der Waals surface area (Å²) in [5.74, 6) is -0.331. The Hall–Kier alpha value is -1.09. The zero-order valence-electron chi connectivity index (χ0n) is 10.8. The Balaban J connectivity index is 2.34. The quantitative estimate of drug-likeness (QED) is 0.811. The van der Waals surface area contributed by atoms with Gasteiger partial charge in [0, 0.05) is 11.1 Å². The molecule has 0 aliphatic rings. The zero-order chi connectivity index (χ0) is 15.6. The molecule has 0 saturated carbocycles. The van der Waals surface area contributed by atoms with Crippen LogP contribution in [0.3, 0.4) is 0 Å². The maximum absolute atomic E-state index is 13.7. The lowest BCUT2D eigenvalue weighted by molar-refractivity contribution is 0.470. The van der Waals surface area contributed by atoms with Crippen molar-refractivity contribution in [2.24, 2.45) is 0 Å². The van der Waals surface area contributed by atoms with Gasteiger partial charge < -0.3 is 9.73 Å². The second-order valence-electron chi connectivity index (χ2n) is 4.11. The van der Waals surface area contributed by atoms with Gasteiger partial charge in [0.25, 0.3) is 10.0 Å². The van der Waals surface area contributed by atoms with Crippen molar-refractivity contribution < 1.29 is 17.2 Å². The van der Waals surface area contributed by atoms with E-state index in [1.165, 1.54) is 18.2 Å². The molecule has 2 rings (SSSR count). The van der Waals surface area contributed by atoms with Gasteiger partial charge in [0.15, 0.2) is 4.67 Å². The minimum Gasteiger partial charge on any atom is -0.451 e. The molecular formula is C12H11BrClFN2O3S. The number of rotatable bonds is 5. The van der Waals surface area contributed by atoms with Crippen LogP contribution in [0.2, 0.25) is 5.02 Å². The molecule has 0 amide bonds. The molecule has 0 radical (unpaired) electrons. The smallest absolute Gasteiger partial charge is 0.266 e. The van der Waals surface area contributed by atoms with Crippen LogP contribution in [-0.4, -0.2) is 15.5 Å². The third-order valence-electron chi connectivity index (χ3n) is 2.52. The minimum atomic E-state index is -3.98. The Morgan fingerprint density at radius 2 is 2.10 bits per heavy atom. The topological polar surface area (TPSA) is 71.3 Å². The maximum Gasteiger partial charge on any atom is 0.266 e. The van der Waals surface area contributed by atoms with E-state index in [-0.39, 0.29) is 20.3 Å². The standard InChI is InChI=1S/C12H11BrClFN2O3S/c1-16-6-8-5-11(12(13)20-8)21(18,19)17-10-3-2-7(14)4-9(10)15/h2-5,16-17H,6H2,1H3. The number of hydrogen-bond donors (Lipinski definition) is 2. The summed E-state index contributed by atoms with van der Waals surface area (Å²) in [4.78, 5) is -0.109. The number of nitrogens with one attached hydrogen (secondary N) is 2. The van der Waals surface area contributed by atoms with Gasteiger partial charge in [0.05, 0.1) is 12.2 Å². The molecule has 21 heavy (non-hydrogen) atoms. The number of benzene rings is 1. The van der Waals surface area contributed by atoms with Gasteiger partial charge in [-0.1, -0.05) is 11.6 Å². The van der Waals surface area contributed by atoms with Gasteiger partial charge in [0.1, 0.15) is 16.5 Å². The van der Waals surface area contributed by atoms with E-state index in [0.29, 0.717) is 12.3 Å². The zero-order valence-corrected chi connectivity index (χ0v) is 13.9. The first-order chi connectivity index (χ1) is 9.83. The lowest BCUT2D eigenvalue weighted by atomic mass is 10.3. The predicted octanol–water partition coefficient (Wildman–Crippen LogP) is 3.35. The van der Waals surface area contributed by atoms with Gasteiger partial charge in [-0.15, -0.1) is 0 Å². The highest BCUT2D eigenvalue weighted by Crippen LogP contribution is 2.29. The second kappa shape index (κ2) is 6.35. The van der Waals surface area contributed by atoms with Crippen LogP contribution in [0.15, 0.2) is 38.2 Å². The van der Waals surface area contributed by atoms with E-state index in [1.54, 1.807) is 7.05 Å². The third-order valence-corrected chi connectivity index (χ3v) is 4.98. The number of sulfonamides is 1. The monoisotopic (exact) mass is 396 g/mol. The summed E-state index contributed by atoms with van der Waals surface area (Å²) in [5.41, 5.74) is -0.192. The van der Waals surface area contributed by atoms with Crippen LogP contribution in [0, 0.1) is 5.82 Å². The molecule has 0 bridgehead atoms. The molecule has 2 N–H and O–H groups in total. The highest BCUT2D eigenvalue weighted by atomic mass is 79.9. The number of furan rings is 1. The summed E-state index contributed by atoms with van der Waals surface area (Å²) in [7, 11) is -2.28. The average molecular weight is 398 g/mol. The van der Waals surface area contributed by atoms with Crippen LogP contribution in [0.5, 0.6) is 0 Å². The number of halogens is 3. The van der Waals surface area contributed by atoms with E-state index in [9.17, 15) is 12.8 Å². The summed E-state index contributed by atoms with van der Waals surface area (Å²) in [6.07, 6.45) is 0. The van der Waals surface area contributed by atoms with Gasteiger partial charge in [-0.25, -0.2) is 12.8 Å². The highest BCUT2D eigenvalue weighted by molar-refractivity contribution is 9.10. The first-order valence-electron chi connectivity index (χ1n) is 5.74. The van der Waals surface area contributed by atoms with Gasteiger partial charge in [-0.2, -0.15) is 0 Å². The van der Waals surface area contributed by atoms with Crippen molar-refractivity contribution in [1.82, 2.24) is 5.32 Å². The summed E-state index contributed by atoms with van der Waals surface area (Å²) in [6, 6.07) is 5.02. The molecule has 5 nitrogen and oxygen atoms in total. The van der Waals surface area contributed by atoms with E-state index in [0.717, 1.165) is 6.07 Å². The molecular weight excluding hydrogens is 387 g/mol. The van der Waals surface area contributed by atoms with Gasteiger partial charge in [-0.3, -0.25) is 4.72 Å². The van der Waals surface area contributed by atoms with Crippen LogP contribution < -0.4 is 10.0 Å². The van der Waals surface area contributed by atoms with Crippen molar-refractivity contribution in [3.8, 4) is 0 Å². The molecule has 1 aromatic heterocycles. The van der Waals surface area contributed by atoms with Crippen molar-refractivity contribution in [1.29, 1.82) is 0 Å². The van der Waals surface area contributed by atoms with E-state index in [4.69, 9.17) is 16.0 Å². The Kier molecular flexibility index (Phi) is 4.92. The van der Waals surface area contributed by atoms with Crippen molar-refractivity contribution in [2.75, 3.05) is 11.8 Å². The second-order valence-corrected chi connectivity index (χ2v) is 6.92. The number of anilines is 1. The molecule has 114 valence electrons. The fraction of sp³-hybridized carbons (Fsp3) is 0.167. The summed E-state index contributed by atoms with van der Waals surface area (Å²) >= 11 is 8.66. The molecule has 0 atom stereocenters. The minimum absolute atomic E-state index is 0.0506. The van der Waals surface area contributed by atoms with Crippen molar-refractivity contribution in [2.45, 2.75) is 11.4 Å². The SMILES string of the molecule is CNCc1cc(S(=O)(=O)Nc2ccc(Cl)cc2F)c(Br)o1. The van der Waals surface area contributed by atoms with Gasteiger partial charge >= 0.3 is 0 Å². The Bertz CT molecular complexity index is 764. The Morgan fingerprint density at radius 1 is 1.38 bits per heavy atom. The van der Waals surface area contributed by atoms with E-state index >= 15 is 0 Å². The third kappa shape index (κ3) is 3.76. The van der Waals surface area contributed by atoms with Crippen LogP contribution >= 0.6 is 27.5 Å². The van der Waals surface area contributed by atoms with Crippen LogP contribution in [0.1, 0.15) is 5.76 Å². The molecule has 0 spiro atoms. The fourth-order valence-electron chi connectivity index (χ4n) is 1.61. The molecule has 0 saturated heterocycles. The molecule has 0 aliphatic heterocycles. The summed E-state index contributed by atoms with van der Waals surface area (Å²) in [6.45, 7) is 0.365. The van der Waals surface area contributed by atoms with E-state index in [1.807, 2.05) is 0 Å². The lowest BCUT2D eigenvalue weighted by Crippen LogP contribution is -2.13. The van der Waals surface area contributed by atoms with Crippen LogP contribution in [0.25, 0.3) is 0 Å². The fourth-order valence-corrected chi connectivity index (χ4v) is 3.84. The van der Waals surface area contributed by atoms with Crippen molar-refractivity contribution in [3.63, 3.8) is 0 Å². The Labute approximate surface area is 134 Å². The molecule has 9 heteroatoms. The largest absolute Gasteiger partial charge is 0.451 e. The summed E-state index contributed by atoms with van der Waals surface area (Å²) < 4.78 is 45.6. The van der Waals surface area contributed by atoms with Gasteiger partial charge in [0.2, 0.25) is 0 Å². The lowest BCUT2D eigenvalue weighted by Gasteiger charge is -2.07. The number of hydrogen-bond acceptors (Lipinski definition) is 4. The van der Waals surface area contributed by atoms with Crippen LogP contribution in [0.4, 0.5) is 10.1 Å². The predicted molar refractivity (Wildman–Crippen MR) is 81.4 cm³/mol. The molecule has 1 aromatic carbocycles. The molecule has 0 fully saturated rings. The molecule has 0 unspecified atom stereocenters. The van der Waals surface area contributed by atoms with Gasteiger partial charge in [-0.05, 0) is 41.2 Å². The molecule has 2 aromatic rings. The first-order valence-corrected chi connectivity index (χ1v) is 8.39. The molecule has 0 aliphatic carbocycles. The average Bonchev–Trinajstić information content (AvgIpc) is 2.75. The normalized spacial score (nSPS) is 11.6. The van der Waals surface area contributed by atoms with E-state index < -0.39 is 15.8 Å². The Morgan fingerprint density at radius 3 is 2.71 bits per heavy atom.